The van der Waals surface area contributed by atoms with Gasteiger partial charge in [-0.2, -0.15) is 12.6 Å². The third-order valence-corrected chi connectivity index (χ3v) is 4.76. The van der Waals surface area contributed by atoms with Crippen molar-refractivity contribution in [2.24, 2.45) is 11.5 Å². The Bertz CT molecular complexity index is 721. The summed E-state index contributed by atoms with van der Waals surface area (Å²) in [6.45, 7) is 0.310. The molecule has 0 rings (SSSR count). The SMILES string of the molecule is NCCCCC(NC(=O)C(N)CCC(=O)O)C(=O)NC(CC(=O)O)C(=O)NC(CS)C(=O)O. The second-order valence-electron chi connectivity index (χ2n) is 7.13. The quantitative estimate of drug-likeness (QED) is 0.0741. The van der Waals surface area contributed by atoms with E-state index >= 15 is 0 Å². The molecule has 0 aliphatic rings. The van der Waals surface area contributed by atoms with Gasteiger partial charge in [-0.15, -0.1) is 0 Å². The molecule has 0 aromatic rings. The first-order chi connectivity index (χ1) is 15.4. The number of nitrogens with one attached hydrogen (secondary N) is 3. The first-order valence-corrected chi connectivity index (χ1v) is 10.7. The van der Waals surface area contributed by atoms with Gasteiger partial charge in [0.25, 0.3) is 0 Å². The van der Waals surface area contributed by atoms with Crippen LogP contribution in [0, 0.1) is 0 Å². The molecule has 15 heteroatoms. The minimum atomic E-state index is -1.63. The molecule has 0 spiro atoms. The van der Waals surface area contributed by atoms with Crippen LogP contribution in [0.5, 0.6) is 0 Å². The van der Waals surface area contributed by atoms with Gasteiger partial charge in [-0.1, -0.05) is 0 Å². The van der Waals surface area contributed by atoms with Crippen LogP contribution in [0.25, 0.3) is 0 Å². The Balaban J connectivity index is 5.41. The minimum Gasteiger partial charge on any atom is -0.481 e. The molecule has 188 valence electrons. The number of carbonyl (C=O) groups excluding carboxylic acids is 3. The van der Waals surface area contributed by atoms with E-state index in [9.17, 15) is 28.8 Å². The third kappa shape index (κ3) is 12.6. The van der Waals surface area contributed by atoms with Crippen molar-refractivity contribution in [3.8, 4) is 0 Å². The molecule has 4 atom stereocenters. The molecule has 0 fully saturated rings. The molecule has 0 bridgehead atoms. The number of amides is 3. The Morgan fingerprint density at radius 2 is 1.30 bits per heavy atom. The molecular formula is C18H31N5O9S. The highest BCUT2D eigenvalue weighted by Crippen LogP contribution is 2.05. The first kappa shape index (κ1) is 30.1. The molecule has 10 N–H and O–H groups in total. The fourth-order valence-electron chi connectivity index (χ4n) is 2.56. The zero-order valence-electron chi connectivity index (χ0n) is 17.9. The average Bonchev–Trinajstić information content (AvgIpc) is 2.73. The van der Waals surface area contributed by atoms with Crippen LogP contribution in [0.1, 0.15) is 38.5 Å². The van der Waals surface area contributed by atoms with Gasteiger partial charge in [0.2, 0.25) is 17.7 Å². The van der Waals surface area contributed by atoms with Gasteiger partial charge >= 0.3 is 17.9 Å². The molecule has 14 nitrogen and oxygen atoms in total. The van der Waals surface area contributed by atoms with E-state index < -0.39 is 66.2 Å². The highest BCUT2D eigenvalue weighted by molar-refractivity contribution is 7.80. The van der Waals surface area contributed by atoms with E-state index in [1.807, 2.05) is 0 Å². The van der Waals surface area contributed by atoms with Gasteiger partial charge in [0.05, 0.1) is 12.5 Å². The lowest BCUT2D eigenvalue weighted by molar-refractivity contribution is -0.143. The van der Waals surface area contributed by atoms with Crippen molar-refractivity contribution in [3.63, 3.8) is 0 Å². The van der Waals surface area contributed by atoms with Gasteiger partial charge in [-0.05, 0) is 32.2 Å². The maximum atomic E-state index is 12.8. The maximum Gasteiger partial charge on any atom is 0.327 e. The molecule has 3 amide bonds. The van der Waals surface area contributed by atoms with Crippen LogP contribution in [-0.2, 0) is 28.8 Å². The van der Waals surface area contributed by atoms with E-state index in [4.69, 9.17) is 26.8 Å². The Labute approximate surface area is 195 Å². The number of carboxylic acid groups (broad SMARTS) is 3. The predicted molar refractivity (Wildman–Crippen MR) is 117 cm³/mol. The van der Waals surface area contributed by atoms with Crippen molar-refractivity contribution in [1.82, 2.24) is 16.0 Å². The van der Waals surface area contributed by atoms with E-state index in [1.165, 1.54) is 0 Å². The van der Waals surface area contributed by atoms with Gasteiger partial charge in [-0.3, -0.25) is 24.0 Å². The van der Waals surface area contributed by atoms with Crippen LogP contribution in [0.2, 0.25) is 0 Å². The van der Waals surface area contributed by atoms with Gasteiger partial charge in [-0.25, -0.2) is 4.79 Å². The van der Waals surface area contributed by atoms with E-state index in [2.05, 4.69) is 28.6 Å². The second-order valence-corrected chi connectivity index (χ2v) is 7.49. The zero-order valence-corrected chi connectivity index (χ0v) is 18.8. The molecule has 4 unspecified atom stereocenters. The monoisotopic (exact) mass is 493 g/mol. The fourth-order valence-corrected chi connectivity index (χ4v) is 2.81. The smallest absolute Gasteiger partial charge is 0.327 e. The van der Waals surface area contributed by atoms with E-state index in [0.29, 0.717) is 19.4 Å². The highest BCUT2D eigenvalue weighted by Gasteiger charge is 2.31. The standard InChI is InChI=1S/C18H31N5O9S/c19-6-2-1-3-10(21-15(28)9(20)4-5-13(24)25)16(29)22-11(7-14(26)27)17(30)23-12(8-33)18(31)32/h9-12,33H,1-8,19-20H2,(H,21,28)(H,22,29)(H,23,30)(H,24,25)(H,26,27)(H,31,32). The number of carbonyl (C=O) groups is 6. The average molecular weight is 494 g/mol. The lowest BCUT2D eigenvalue weighted by atomic mass is 10.1. The molecule has 0 aromatic heterocycles. The summed E-state index contributed by atoms with van der Waals surface area (Å²) >= 11 is 3.80. The molecule has 0 saturated heterocycles. The van der Waals surface area contributed by atoms with Crippen molar-refractivity contribution in [2.75, 3.05) is 12.3 Å². The van der Waals surface area contributed by atoms with Gasteiger partial charge in [0, 0.05) is 12.2 Å². The summed E-state index contributed by atoms with van der Waals surface area (Å²) in [7, 11) is 0. The van der Waals surface area contributed by atoms with Crippen LogP contribution in [0.4, 0.5) is 0 Å². The molecule has 0 saturated carbocycles. The van der Waals surface area contributed by atoms with Crippen molar-refractivity contribution in [1.29, 1.82) is 0 Å². The summed E-state index contributed by atoms with van der Waals surface area (Å²) < 4.78 is 0. The number of aliphatic carboxylic acids is 3. The number of carboxylic acids is 3. The summed E-state index contributed by atoms with van der Waals surface area (Å²) in [4.78, 5) is 70.3. The number of nitrogens with two attached hydrogens (primary N) is 2. The second kappa shape index (κ2) is 15.8. The van der Waals surface area contributed by atoms with Crippen LogP contribution < -0.4 is 27.4 Å². The van der Waals surface area contributed by atoms with Crippen LogP contribution in [0.15, 0.2) is 0 Å². The molecule has 0 aliphatic heterocycles. The summed E-state index contributed by atoms with van der Waals surface area (Å²) in [5.41, 5.74) is 11.1. The molecule has 33 heavy (non-hydrogen) atoms. The van der Waals surface area contributed by atoms with Crippen molar-refractivity contribution < 1.29 is 44.1 Å². The third-order valence-electron chi connectivity index (χ3n) is 4.39. The topological polar surface area (TPSA) is 251 Å². The number of hydrogen-bond donors (Lipinski definition) is 9. The van der Waals surface area contributed by atoms with Crippen molar-refractivity contribution in [3.05, 3.63) is 0 Å². The van der Waals surface area contributed by atoms with E-state index in [0.717, 1.165) is 0 Å². The Hall–Kier alpha value is -2.91. The number of unbranched alkanes of at least 4 members (excludes halogenated alkanes) is 1. The molecule has 0 aromatic carbocycles. The summed E-state index contributed by atoms with van der Waals surface area (Å²) in [6.07, 6.45) is -0.409. The Kier molecular flexibility index (Phi) is 14.4. The van der Waals surface area contributed by atoms with E-state index in [-0.39, 0.29) is 25.0 Å². The largest absolute Gasteiger partial charge is 0.481 e. The Morgan fingerprint density at radius 1 is 0.758 bits per heavy atom. The molecule has 0 radical (unpaired) electrons. The van der Waals surface area contributed by atoms with E-state index in [1.54, 1.807) is 0 Å². The normalized spacial score (nSPS) is 14.3. The summed E-state index contributed by atoms with van der Waals surface area (Å²) in [6, 6.07) is -5.48. The summed E-state index contributed by atoms with van der Waals surface area (Å²) in [5, 5.41) is 33.5. The lowest BCUT2D eigenvalue weighted by Crippen LogP contribution is -2.57. The predicted octanol–water partition coefficient (Wildman–Crippen LogP) is -2.75. The first-order valence-electron chi connectivity index (χ1n) is 10.1. The lowest BCUT2D eigenvalue weighted by Gasteiger charge is -2.24. The number of thiol groups is 1. The van der Waals surface area contributed by atoms with Crippen LogP contribution in [-0.4, -0.2) is 87.4 Å². The molecule has 0 heterocycles. The van der Waals surface area contributed by atoms with Gasteiger partial charge in [0.1, 0.15) is 18.1 Å². The van der Waals surface area contributed by atoms with Crippen molar-refractivity contribution in [2.45, 2.75) is 62.7 Å². The summed E-state index contributed by atoms with van der Waals surface area (Å²) in [5.74, 6) is -7.03. The van der Waals surface area contributed by atoms with Gasteiger partial charge in [0.15, 0.2) is 0 Å². The Morgan fingerprint density at radius 3 is 1.79 bits per heavy atom. The fraction of sp³-hybridized carbons (Fsp3) is 0.667. The van der Waals surface area contributed by atoms with Crippen molar-refractivity contribution >= 4 is 48.3 Å². The number of hydrogen-bond acceptors (Lipinski definition) is 9. The van der Waals surface area contributed by atoms with Crippen LogP contribution >= 0.6 is 12.6 Å². The van der Waals surface area contributed by atoms with Crippen LogP contribution in [0.3, 0.4) is 0 Å². The molecular weight excluding hydrogens is 462 g/mol. The number of rotatable bonds is 17. The van der Waals surface area contributed by atoms with Gasteiger partial charge < -0.3 is 42.7 Å². The minimum absolute atomic E-state index is 0.0796. The molecule has 0 aliphatic carbocycles. The zero-order chi connectivity index (χ0) is 25.6. The maximum absolute atomic E-state index is 12.8. The highest BCUT2D eigenvalue weighted by atomic mass is 32.1.